The van der Waals surface area contributed by atoms with Crippen LogP contribution in [-0.2, 0) is 5.41 Å². The summed E-state index contributed by atoms with van der Waals surface area (Å²) >= 11 is 0. The van der Waals surface area contributed by atoms with Crippen LogP contribution >= 0.6 is 0 Å². The maximum absolute atomic E-state index is 2.35. The van der Waals surface area contributed by atoms with Crippen LogP contribution in [0.2, 0.25) is 0 Å². The first-order valence-electron chi connectivity index (χ1n) is 5.84. The summed E-state index contributed by atoms with van der Waals surface area (Å²) in [4.78, 5) is 0. The highest BCUT2D eigenvalue weighted by molar-refractivity contribution is 5.51. The molecule has 1 aromatic rings. The van der Waals surface area contributed by atoms with Crippen molar-refractivity contribution >= 4 is 6.08 Å². The molecule has 2 rings (SSSR count). The lowest BCUT2D eigenvalue weighted by Crippen LogP contribution is -2.10. The maximum Gasteiger partial charge on any atom is -0.0132 e. The summed E-state index contributed by atoms with van der Waals surface area (Å²) in [7, 11) is 0. The van der Waals surface area contributed by atoms with Gasteiger partial charge >= 0.3 is 0 Å². The van der Waals surface area contributed by atoms with E-state index in [1.807, 2.05) is 0 Å². The Labute approximate surface area is 93.0 Å². The van der Waals surface area contributed by atoms with Crippen molar-refractivity contribution in [3.8, 4) is 0 Å². The van der Waals surface area contributed by atoms with E-state index in [0.717, 1.165) is 5.92 Å². The molecule has 1 aliphatic rings. The molecule has 1 aliphatic carbocycles. The van der Waals surface area contributed by atoms with Crippen LogP contribution in [-0.4, -0.2) is 0 Å². The first kappa shape index (κ1) is 10.5. The maximum atomic E-state index is 2.35. The van der Waals surface area contributed by atoms with E-state index in [-0.39, 0.29) is 5.41 Å². The van der Waals surface area contributed by atoms with E-state index in [1.165, 1.54) is 24.0 Å². The van der Waals surface area contributed by atoms with Gasteiger partial charge in [0.2, 0.25) is 0 Å². The molecule has 0 heteroatoms. The molecule has 0 aliphatic heterocycles. The second-order valence-electron chi connectivity index (χ2n) is 5.57. The van der Waals surface area contributed by atoms with Gasteiger partial charge in [-0.05, 0) is 35.3 Å². The molecule has 0 saturated heterocycles. The molecule has 0 heterocycles. The highest BCUT2D eigenvalue weighted by atomic mass is 14.2. The smallest absolute Gasteiger partial charge is 0.0132 e. The second-order valence-corrected chi connectivity index (χ2v) is 5.57. The van der Waals surface area contributed by atoms with Crippen LogP contribution in [0, 0.1) is 5.92 Å². The molecule has 0 unspecified atom stereocenters. The van der Waals surface area contributed by atoms with Crippen molar-refractivity contribution in [1.82, 2.24) is 0 Å². The van der Waals surface area contributed by atoms with Crippen molar-refractivity contribution in [3.05, 3.63) is 41.5 Å². The standard InChI is InChI=1S/C15H20/c1-15(2,3)14-6-4-5-13(11-14)10-9-12-7-8-12/h4-6,9-12H,7-8H2,1-3H3/b10-9+. The summed E-state index contributed by atoms with van der Waals surface area (Å²) in [5.41, 5.74) is 3.01. The average Bonchev–Trinajstić information content (AvgIpc) is 2.97. The quantitative estimate of drug-likeness (QED) is 0.663. The molecule has 0 N–H and O–H groups in total. The largest absolute Gasteiger partial charge is 0.0808 e. The normalized spacial score (nSPS) is 17.3. The van der Waals surface area contributed by atoms with Gasteiger partial charge in [0.15, 0.2) is 0 Å². The Bertz CT molecular complexity index is 362. The molecule has 0 aromatic heterocycles. The zero-order chi connectivity index (χ0) is 10.9. The molecular formula is C15H20. The summed E-state index contributed by atoms with van der Waals surface area (Å²) in [6.45, 7) is 6.78. The molecule has 0 atom stereocenters. The molecule has 1 fully saturated rings. The number of rotatable bonds is 2. The molecule has 0 nitrogen and oxygen atoms in total. The van der Waals surface area contributed by atoms with Gasteiger partial charge < -0.3 is 0 Å². The van der Waals surface area contributed by atoms with Gasteiger partial charge in [-0.25, -0.2) is 0 Å². The summed E-state index contributed by atoms with van der Waals surface area (Å²) in [6.07, 6.45) is 7.39. The predicted octanol–water partition coefficient (Wildman–Crippen LogP) is 4.41. The van der Waals surface area contributed by atoms with Crippen LogP contribution in [0.15, 0.2) is 30.3 Å². The third-order valence-corrected chi connectivity index (χ3v) is 2.94. The number of hydrogen-bond donors (Lipinski definition) is 0. The lowest BCUT2D eigenvalue weighted by Gasteiger charge is -2.19. The summed E-state index contributed by atoms with van der Waals surface area (Å²) in [6, 6.07) is 8.87. The van der Waals surface area contributed by atoms with Gasteiger partial charge in [-0.3, -0.25) is 0 Å². The van der Waals surface area contributed by atoms with Crippen molar-refractivity contribution in [1.29, 1.82) is 0 Å². The first-order chi connectivity index (χ1) is 7.05. The van der Waals surface area contributed by atoms with Gasteiger partial charge in [0.1, 0.15) is 0 Å². The van der Waals surface area contributed by atoms with Crippen LogP contribution in [0.1, 0.15) is 44.7 Å². The van der Waals surface area contributed by atoms with Crippen molar-refractivity contribution in [3.63, 3.8) is 0 Å². The second kappa shape index (κ2) is 3.84. The lowest BCUT2D eigenvalue weighted by atomic mass is 9.86. The van der Waals surface area contributed by atoms with Crippen LogP contribution in [0.3, 0.4) is 0 Å². The van der Waals surface area contributed by atoms with Gasteiger partial charge in [-0.2, -0.15) is 0 Å². The van der Waals surface area contributed by atoms with Gasteiger partial charge in [0.25, 0.3) is 0 Å². The Kier molecular flexibility index (Phi) is 2.68. The Morgan fingerprint density at radius 3 is 2.53 bits per heavy atom. The minimum absolute atomic E-state index is 0.253. The topological polar surface area (TPSA) is 0 Å². The fraction of sp³-hybridized carbons (Fsp3) is 0.467. The van der Waals surface area contributed by atoms with Crippen LogP contribution in [0.25, 0.3) is 6.08 Å². The predicted molar refractivity (Wildman–Crippen MR) is 66.9 cm³/mol. The molecule has 0 radical (unpaired) electrons. The first-order valence-corrected chi connectivity index (χ1v) is 5.84. The number of hydrogen-bond acceptors (Lipinski definition) is 0. The summed E-state index contributed by atoms with van der Waals surface area (Å²) in [5.74, 6) is 0.864. The van der Waals surface area contributed by atoms with E-state index in [1.54, 1.807) is 0 Å². The Morgan fingerprint density at radius 1 is 1.20 bits per heavy atom. The Morgan fingerprint density at radius 2 is 1.93 bits per heavy atom. The lowest BCUT2D eigenvalue weighted by molar-refractivity contribution is 0.590. The van der Waals surface area contributed by atoms with Gasteiger partial charge in [0.05, 0.1) is 0 Å². The van der Waals surface area contributed by atoms with Gasteiger partial charge in [-0.15, -0.1) is 0 Å². The van der Waals surface area contributed by atoms with Gasteiger partial charge in [0, 0.05) is 0 Å². The molecule has 0 spiro atoms. The van der Waals surface area contributed by atoms with Crippen molar-refractivity contribution in [2.24, 2.45) is 5.92 Å². The minimum Gasteiger partial charge on any atom is -0.0808 e. The number of allylic oxidation sites excluding steroid dienone is 1. The third kappa shape index (κ3) is 2.95. The molecule has 0 amide bonds. The molecule has 1 saturated carbocycles. The Balaban J connectivity index is 2.18. The zero-order valence-corrected chi connectivity index (χ0v) is 9.96. The highest BCUT2D eigenvalue weighted by Gasteiger charge is 2.17. The van der Waals surface area contributed by atoms with E-state index in [9.17, 15) is 0 Å². The van der Waals surface area contributed by atoms with E-state index < -0.39 is 0 Å². The highest BCUT2D eigenvalue weighted by Crippen LogP contribution is 2.31. The zero-order valence-electron chi connectivity index (χ0n) is 9.96. The third-order valence-electron chi connectivity index (χ3n) is 2.94. The van der Waals surface area contributed by atoms with Gasteiger partial charge in [-0.1, -0.05) is 57.2 Å². The van der Waals surface area contributed by atoms with Crippen molar-refractivity contribution in [2.45, 2.75) is 39.0 Å². The van der Waals surface area contributed by atoms with E-state index in [4.69, 9.17) is 0 Å². The van der Waals surface area contributed by atoms with Crippen LogP contribution < -0.4 is 0 Å². The van der Waals surface area contributed by atoms with Crippen LogP contribution in [0.5, 0.6) is 0 Å². The fourth-order valence-corrected chi connectivity index (χ4v) is 1.64. The van der Waals surface area contributed by atoms with E-state index in [0.29, 0.717) is 0 Å². The summed E-state index contributed by atoms with van der Waals surface area (Å²) in [5, 5.41) is 0. The summed E-state index contributed by atoms with van der Waals surface area (Å²) < 4.78 is 0. The van der Waals surface area contributed by atoms with Crippen LogP contribution in [0.4, 0.5) is 0 Å². The molecule has 15 heavy (non-hydrogen) atoms. The number of benzene rings is 1. The minimum atomic E-state index is 0.253. The molecule has 80 valence electrons. The molecule has 0 bridgehead atoms. The molecular weight excluding hydrogens is 180 g/mol. The van der Waals surface area contributed by atoms with Crippen molar-refractivity contribution in [2.75, 3.05) is 0 Å². The fourth-order valence-electron chi connectivity index (χ4n) is 1.64. The monoisotopic (exact) mass is 200 g/mol. The SMILES string of the molecule is CC(C)(C)c1cccc(/C=C/C2CC2)c1. The average molecular weight is 200 g/mol. The van der Waals surface area contributed by atoms with Crippen molar-refractivity contribution < 1.29 is 0 Å². The Hall–Kier alpha value is -1.04. The van der Waals surface area contributed by atoms with E-state index >= 15 is 0 Å². The molecule has 1 aromatic carbocycles. The van der Waals surface area contributed by atoms with E-state index in [2.05, 4.69) is 57.2 Å².